The van der Waals surface area contributed by atoms with Crippen molar-refractivity contribution in [3.63, 3.8) is 0 Å². The standard InChI is InChI=1S/C19H33NO2Si2/c1-14-16(23(5,6)15-12-10-9-11-13-15)18(20-17(14)21)22-24(7,8)19(2,3)4/h9-14,16,18H,1-8H3,(H,20,21)/t14-,16-,18+/m0/s1. The third-order valence-electron chi connectivity index (χ3n) is 6.14. The van der Waals surface area contributed by atoms with E-state index >= 15 is 0 Å². The summed E-state index contributed by atoms with van der Waals surface area (Å²) < 4.78 is 6.67. The summed E-state index contributed by atoms with van der Waals surface area (Å²) in [7, 11) is -3.80. The molecule has 0 saturated carbocycles. The zero-order chi connectivity index (χ0) is 18.3. The van der Waals surface area contributed by atoms with Crippen LogP contribution in [0, 0.1) is 5.92 Å². The van der Waals surface area contributed by atoms with E-state index in [1.807, 2.05) is 0 Å². The van der Waals surface area contributed by atoms with Crippen LogP contribution in [-0.4, -0.2) is 28.5 Å². The first-order chi connectivity index (χ1) is 10.9. The predicted molar refractivity (Wildman–Crippen MR) is 107 cm³/mol. The smallest absolute Gasteiger partial charge is 0.224 e. The minimum atomic E-state index is -1.94. The summed E-state index contributed by atoms with van der Waals surface area (Å²) in [5, 5.41) is 4.69. The van der Waals surface area contributed by atoms with E-state index in [1.165, 1.54) is 5.19 Å². The van der Waals surface area contributed by atoms with Gasteiger partial charge in [-0.1, -0.05) is 76.3 Å². The van der Waals surface area contributed by atoms with E-state index in [-0.39, 0.29) is 28.6 Å². The summed E-state index contributed by atoms with van der Waals surface area (Å²) in [5.41, 5.74) is 0.251. The number of carbonyl (C=O) groups is 1. The Morgan fingerprint density at radius 2 is 1.58 bits per heavy atom. The van der Waals surface area contributed by atoms with Gasteiger partial charge in [-0.15, -0.1) is 0 Å². The molecule has 1 N–H and O–H groups in total. The lowest BCUT2D eigenvalue weighted by atomic mass is 10.1. The van der Waals surface area contributed by atoms with Crippen LogP contribution in [0.5, 0.6) is 0 Å². The molecule has 0 unspecified atom stereocenters. The van der Waals surface area contributed by atoms with Crippen LogP contribution in [0.15, 0.2) is 30.3 Å². The van der Waals surface area contributed by atoms with Gasteiger partial charge in [0.2, 0.25) is 5.91 Å². The van der Waals surface area contributed by atoms with Gasteiger partial charge in [-0.2, -0.15) is 0 Å². The Bertz CT molecular complexity index is 593. The van der Waals surface area contributed by atoms with E-state index < -0.39 is 16.4 Å². The van der Waals surface area contributed by atoms with E-state index in [4.69, 9.17) is 4.43 Å². The monoisotopic (exact) mass is 363 g/mol. The second kappa shape index (κ2) is 6.43. The lowest BCUT2D eigenvalue weighted by Crippen LogP contribution is -2.55. The fraction of sp³-hybridized carbons (Fsp3) is 0.632. The van der Waals surface area contributed by atoms with Gasteiger partial charge in [-0.25, -0.2) is 0 Å². The second-order valence-electron chi connectivity index (χ2n) is 9.21. The van der Waals surface area contributed by atoms with Crippen molar-refractivity contribution in [1.29, 1.82) is 0 Å². The SMILES string of the molecule is C[C@@H]1C(=O)N[C@H](O[Si](C)(C)C(C)(C)C)[C@H]1[Si](C)(C)c1ccccc1. The van der Waals surface area contributed by atoms with Gasteiger partial charge in [0, 0.05) is 11.5 Å². The van der Waals surface area contributed by atoms with Crippen molar-refractivity contribution in [2.24, 2.45) is 5.92 Å². The highest BCUT2D eigenvalue weighted by Gasteiger charge is 2.52. The Hall–Kier alpha value is -0.916. The summed E-state index contributed by atoms with van der Waals surface area (Å²) >= 11 is 0. The van der Waals surface area contributed by atoms with Gasteiger partial charge in [0.15, 0.2) is 8.32 Å². The molecule has 134 valence electrons. The Balaban J connectivity index is 2.36. The average molecular weight is 364 g/mol. The summed E-state index contributed by atoms with van der Waals surface area (Å²) in [6, 6.07) is 10.7. The molecule has 1 aliphatic rings. The van der Waals surface area contributed by atoms with Gasteiger partial charge in [0.05, 0.1) is 8.07 Å². The van der Waals surface area contributed by atoms with Crippen molar-refractivity contribution in [2.75, 3.05) is 0 Å². The molecule has 5 heteroatoms. The largest absolute Gasteiger partial charge is 0.397 e. The highest BCUT2D eigenvalue weighted by Crippen LogP contribution is 2.43. The van der Waals surface area contributed by atoms with Crippen LogP contribution >= 0.6 is 0 Å². The maximum atomic E-state index is 12.5. The molecule has 3 nitrogen and oxygen atoms in total. The number of carbonyl (C=O) groups excluding carboxylic acids is 1. The summed E-state index contributed by atoms with van der Waals surface area (Å²) in [6.07, 6.45) is -0.157. The Kier molecular flexibility index (Phi) is 5.20. The lowest BCUT2D eigenvalue weighted by molar-refractivity contribution is -0.122. The summed E-state index contributed by atoms with van der Waals surface area (Å²) in [4.78, 5) is 12.5. The third-order valence-corrected chi connectivity index (χ3v) is 14.9. The van der Waals surface area contributed by atoms with Crippen LogP contribution in [0.25, 0.3) is 0 Å². The van der Waals surface area contributed by atoms with Crippen molar-refractivity contribution in [1.82, 2.24) is 5.32 Å². The number of hydrogen-bond acceptors (Lipinski definition) is 2. The Morgan fingerprint density at radius 1 is 1.04 bits per heavy atom. The van der Waals surface area contributed by atoms with Gasteiger partial charge in [0.25, 0.3) is 0 Å². The molecular weight excluding hydrogens is 330 g/mol. The molecular formula is C19H33NO2Si2. The zero-order valence-corrected chi connectivity index (χ0v) is 18.4. The summed E-state index contributed by atoms with van der Waals surface area (Å²) in [5.74, 6) is 0.141. The molecule has 1 saturated heterocycles. The number of amides is 1. The molecule has 1 aromatic carbocycles. The maximum absolute atomic E-state index is 12.5. The van der Waals surface area contributed by atoms with Gasteiger partial charge >= 0.3 is 0 Å². The van der Waals surface area contributed by atoms with E-state index in [0.29, 0.717) is 0 Å². The average Bonchev–Trinajstić information content (AvgIpc) is 2.73. The highest BCUT2D eigenvalue weighted by molar-refractivity contribution is 6.91. The van der Waals surface area contributed by atoms with E-state index in [9.17, 15) is 4.79 Å². The quantitative estimate of drug-likeness (QED) is 0.818. The molecule has 0 spiro atoms. The molecule has 0 bridgehead atoms. The minimum absolute atomic E-state index is 0.00152. The first-order valence-corrected chi connectivity index (χ1v) is 14.9. The fourth-order valence-corrected chi connectivity index (χ4v) is 8.52. The molecule has 2 rings (SSSR count). The van der Waals surface area contributed by atoms with Gasteiger partial charge in [0.1, 0.15) is 6.23 Å². The van der Waals surface area contributed by atoms with Gasteiger partial charge < -0.3 is 9.74 Å². The van der Waals surface area contributed by atoms with Crippen LogP contribution < -0.4 is 10.5 Å². The van der Waals surface area contributed by atoms with E-state index in [2.05, 4.69) is 89.5 Å². The third kappa shape index (κ3) is 3.53. The number of nitrogens with one attached hydrogen (secondary N) is 1. The Morgan fingerprint density at radius 3 is 2.08 bits per heavy atom. The molecule has 0 aliphatic carbocycles. The fourth-order valence-electron chi connectivity index (χ4n) is 3.45. The molecule has 24 heavy (non-hydrogen) atoms. The maximum Gasteiger partial charge on any atom is 0.224 e. The number of benzene rings is 1. The molecule has 1 fully saturated rings. The van der Waals surface area contributed by atoms with Crippen LogP contribution in [0.3, 0.4) is 0 Å². The minimum Gasteiger partial charge on any atom is -0.397 e. The van der Waals surface area contributed by atoms with Crippen LogP contribution in [-0.2, 0) is 9.22 Å². The van der Waals surface area contributed by atoms with Gasteiger partial charge in [-0.05, 0) is 18.1 Å². The molecule has 1 aromatic rings. The summed E-state index contributed by atoms with van der Waals surface area (Å²) in [6.45, 7) is 18.0. The van der Waals surface area contributed by atoms with Crippen LogP contribution in [0.4, 0.5) is 0 Å². The van der Waals surface area contributed by atoms with Crippen molar-refractivity contribution < 1.29 is 9.22 Å². The van der Waals surface area contributed by atoms with Crippen LogP contribution in [0.2, 0.25) is 36.8 Å². The molecule has 1 aliphatic heterocycles. The molecule has 0 aromatic heterocycles. The molecule has 1 heterocycles. The normalized spacial score (nSPS) is 25.7. The second-order valence-corrected chi connectivity index (χ2v) is 18.7. The van der Waals surface area contributed by atoms with E-state index in [0.717, 1.165) is 0 Å². The Labute approximate surface area is 149 Å². The van der Waals surface area contributed by atoms with Crippen molar-refractivity contribution in [2.45, 2.75) is 70.7 Å². The topological polar surface area (TPSA) is 38.3 Å². The zero-order valence-electron chi connectivity index (χ0n) is 16.4. The van der Waals surface area contributed by atoms with Crippen LogP contribution in [0.1, 0.15) is 27.7 Å². The predicted octanol–water partition coefficient (Wildman–Crippen LogP) is 4.09. The van der Waals surface area contributed by atoms with Crippen molar-refractivity contribution in [3.05, 3.63) is 30.3 Å². The highest BCUT2D eigenvalue weighted by atomic mass is 28.4. The molecule has 3 atom stereocenters. The molecule has 0 radical (unpaired) electrons. The van der Waals surface area contributed by atoms with Gasteiger partial charge in [-0.3, -0.25) is 4.79 Å². The first-order valence-electron chi connectivity index (χ1n) is 8.91. The molecule has 1 amide bonds. The number of hydrogen-bond donors (Lipinski definition) is 1. The lowest BCUT2D eigenvalue weighted by Gasteiger charge is -2.42. The first kappa shape index (κ1) is 19.4. The van der Waals surface area contributed by atoms with Crippen molar-refractivity contribution in [3.8, 4) is 0 Å². The van der Waals surface area contributed by atoms with E-state index in [1.54, 1.807) is 0 Å². The number of rotatable bonds is 4. The van der Waals surface area contributed by atoms with Crippen molar-refractivity contribution >= 4 is 27.5 Å².